The molecule has 15 atom stereocenters. The van der Waals surface area contributed by atoms with Gasteiger partial charge in [0.1, 0.15) is 73.4 Å². The second-order valence-electron chi connectivity index (χ2n) is 11.8. The summed E-state index contributed by atoms with van der Waals surface area (Å²) in [5, 5.41) is 63.5. The van der Waals surface area contributed by atoms with Crippen LogP contribution in [0.2, 0.25) is 0 Å². The number of hydrogen-bond acceptors (Lipinski definition) is 15. The Balaban J connectivity index is 1.23. The van der Waals surface area contributed by atoms with Gasteiger partial charge in [-0.25, -0.2) is 0 Å². The average Bonchev–Trinajstić information content (AvgIpc) is 3.04. The van der Waals surface area contributed by atoms with Crippen molar-refractivity contribution in [2.24, 2.45) is 22.9 Å². The molecule has 0 aromatic heterocycles. The molecule has 2 aliphatic heterocycles. The molecule has 2 aromatic rings. The number of aliphatic hydroxyl groups excluding tert-OH is 6. The fraction of sp³-hybridized carbons (Fsp3) is 0.600. The van der Waals surface area contributed by atoms with Gasteiger partial charge in [0.15, 0.2) is 12.6 Å². The van der Waals surface area contributed by atoms with Crippen molar-refractivity contribution in [3.63, 3.8) is 0 Å². The van der Waals surface area contributed by atoms with Crippen LogP contribution >= 0.6 is 0 Å². The SMILES string of the molecule is NCC1OC(OC2C(N)C[C@H](N)C(OC3OC(COc4ccc(-c5ccccc5)cc4)C(O)C(N)C3O)C2O)C(O)C(O)C1O. The lowest BCUT2D eigenvalue weighted by Crippen LogP contribution is -2.68. The highest BCUT2D eigenvalue weighted by Crippen LogP contribution is 2.32. The predicted molar refractivity (Wildman–Crippen MR) is 158 cm³/mol. The van der Waals surface area contributed by atoms with Gasteiger partial charge < -0.3 is 77.3 Å². The highest BCUT2D eigenvalue weighted by Gasteiger charge is 2.51. The van der Waals surface area contributed by atoms with Gasteiger partial charge in [-0.3, -0.25) is 0 Å². The molecule has 3 aliphatic rings. The zero-order valence-electron chi connectivity index (χ0n) is 24.5. The Morgan fingerprint density at radius 3 is 1.78 bits per heavy atom. The lowest BCUT2D eigenvalue weighted by atomic mass is 9.84. The largest absolute Gasteiger partial charge is 0.491 e. The minimum Gasteiger partial charge on any atom is -0.491 e. The van der Waals surface area contributed by atoms with E-state index >= 15 is 0 Å². The highest BCUT2D eigenvalue weighted by atomic mass is 16.7. The number of aliphatic hydroxyl groups is 6. The first-order valence-corrected chi connectivity index (χ1v) is 15.0. The third kappa shape index (κ3) is 7.32. The van der Waals surface area contributed by atoms with E-state index in [1.165, 1.54) is 0 Å². The van der Waals surface area contributed by atoms with Crippen molar-refractivity contribution in [1.29, 1.82) is 0 Å². The zero-order valence-corrected chi connectivity index (χ0v) is 24.5. The number of ether oxygens (including phenoxy) is 5. The van der Waals surface area contributed by atoms with Crippen molar-refractivity contribution in [2.75, 3.05) is 13.2 Å². The molecule has 15 heteroatoms. The van der Waals surface area contributed by atoms with E-state index in [4.69, 9.17) is 46.6 Å². The Morgan fingerprint density at radius 2 is 1.18 bits per heavy atom. The Kier molecular flexibility index (Phi) is 11.1. The fourth-order valence-electron chi connectivity index (χ4n) is 5.94. The summed E-state index contributed by atoms with van der Waals surface area (Å²) < 4.78 is 29.0. The van der Waals surface area contributed by atoms with Crippen molar-refractivity contribution < 1.29 is 54.3 Å². The minimum absolute atomic E-state index is 0.0870. The maximum Gasteiger partial charge on any atom is 0.187 e. The molecule has 0 amide bonds. The van der Waals surface area contributed by atoms with Crippen molar-refractivity contribution >= 4 is 0 Å². The smallest absolute Gasteiger partial charge is 0.187 e. The first-order chi connectivity index (χ1) is 21.5. The van der Waals surface area contributed by atoms with Gasteiger partial charge >= 0.3 is 0 Å². The van der Waals surface area contributed by atoms with Crippen LogP contribution < -0.4 is 27.7 Å². The Labute approximate surface area is 260 Å². The van der Waals surface area contributed by atoms with Crippen LogP contribution in [0.1, 0.15) is 6.42 Å². The summed E-state index contributed by atoms with van der Waals surface area (Å²) in [5.74, 6) is 0.517. The standard InChI is InChI=1S/C30H44N4O11/c31-11-18-22(36)24(38)25(39)30(42-18)45-28-17(33)10-16(32)27(26(28)40)44-29-23(37)20(34)21(35)19(43-29)12-41-15-8-6-14(7-9-15)13-4-2-1-3-5-13/h1-9,16-30,35-40H,10-12,31-34H2/t16-,17?,18?,19?,20?,21?,22?,23?,24?,25?,26?,27?,28?,29?,30?/m0/s1. The van der Waals surface area contributed by atoms with Crippen LogP contribution in [-0.2, 0) is 18.9 Å². The van der Waals surface area contributed by atoms with Crippen LogP contribution in [0.15, 0.2) is 54.6 Å². The van der Waals surface area contributed by atoms with E-state index in [-0.39, 0.29) is 19.6 Å². The van der Waals surface area contributed by atoms with E-state index in [9.17, 15) is 30.6 Å². The molecular formula is C30H44N4O11. The molecule has 2 aromatic carbocycles. The minimum atomic E-state index is -1.67. The normalized spacial score (nSPS) is 42.3. The summed E-state index contributed by atoms with van der Waals surface area (Å²) in [5.41, 5.74) is 26.3. The lowest BCUT2D eigenvalue weighted by molar-refractivity contribution is -0.331. The van der Waals surface area contributed by atoms with Crippen molar-refractivity contribution in [1.82, 2.24) is 0 Å². The van der Waals surface area contributed by atoms with Crippen LogP contribution in [0.5, 0.6) is 5.75 Å². The van der Waals surface area contributed by atoms with Crippen LogP contribution in [0.4, 0.5) is 0 Å². The predicted octanol–water partition coefficient (Wildman–Crippen LogP) is -3.54. The molecule has 45 heavy (non-hydrogen) atoms. The van der Waals surface area contributed by atoms with Crippen molar-refractivity contribution in [2.45, 2.75) is 98.2 Å². The quantitative estimate of drug-likeness (QED) is 0.128. The summed E-state index contributed by atoms with van der Waals surface area (Å²) in [6.45, 7) is -0.303. The van der Waals surface area contributed by atoms with Gasteiger partial charge in [-0.15, -0.1) is 0 Å². The first-order valence-electron chi connectivity index (χ1n) is 15.0. The number of nitrogens with two attached hydrogens (primary N) is 4. The van der Waals surface area contributed by atoms with E-state index in [1.54, 1.807) is 12.1 Å². The molecule has 2 heterocycles. The van der Waals surface area contributed by atoms with E-state index in [0.29, 0.717) is 5.75 Å². The summed E-state index contributed by atoms with van der Waals surface area (Å²) in [4.78, 5) is 0. The molecule has 1 saturated carbocycles. The van der Waals surface area contributed by atoms with E-state index in [0.717, 1.165) is 11.1 Å². The fourth-order valence-corrected chi connectivity index (χ4v) is 5.94. The molecular weight excluding hydrogens is 592 g/mol. The molecule has 14 unspecified atom stereocenters. The van der Waals surface area contributed by atoms with Gasteiger partial charge in [0.2, 0.25) is 0 Å². The van der Waals surface area contributed by atoms with Crippen LogP contribution in [0.25, 0.3) is 11.1 Å². The second-order valence-corrected chi connectivity index (χ2v) is 11.8. The Hall–Kier alpha value is -2.32. The monoisotopic (exact) mass is 636 g/mol. The summed E-state index contributed by atoms with van der Waals surface area (Å²) in [6.07, 6.45) is -16.4. The molecule has 0 radical (unpaired) electrons. The molecule has 0 bridgehead atoms. The van der Waals surface area contributed by atoms with E-state index in [1.807, 2.05) is 42.5 Å². The molecule has 250 valence electrons. The first kappa shape index (κ1) is 34.0. The topological polar surface area (TPSA) is 272 Å². The number of benzene rings is 2. The van der Waals surface area contributed by atoms with Gasteiger partial charge in [-0.1, -0.05) is 42.5 Å². The number of hydrogen-bond donors (Lipinski definition) is 10. The third-order valence-electron chi connectivity index (χ3n) is 8.68. The molecule has 3 fully saturated rings. The Morgan fingerprint density at radius 1 is 0.622 bits per heavy atom. The van der Waals surface area contributed by atoms with Crippen LogP contribution in [-0.4, -0.2) is 136 Å². The molecule has 15 nitrogen and oxygen atoms in total. The Bertz CT molecular complexity index is 1210. The highest BCUT2D eigenvalue weighted by molar-refractivity contribution is 5.63. The zero-order chi connectivity index (χ0) is 32.4. The van der Waals surface area contributed by atoms with Gasteiger partial charge in [0.25, 0.3) is 0 Å². The van der Waals surface area contributed by atoms with Gasteiger partial charge in [0.05, 0.1) is 6.04 Å². The van der Waals surface area contributed by atoms with Crippen LogP contribution in [0.3, 0.4) is 0 Å². The van der Waals surface area contributed by atoms with Crippen molar-refractivity contribution in [3.8, 4) is 16.9 Å². The lowest BCUT2D eigenvalue weighted by Gasteiger charge is -2.48. The van der Waals surface area contributed by atoms with Gasteiger partial charge in [-0.2, -0.15) is 0 Å². The van der Waals surface area contributed by atoms with Crippen molar-refractivity contribution in [3.05, 3.63) is 54.6 Å². The third-order valence-corrected chi connectivity index (χ3v) is 8.68. The van der Waals surface area contributed by atoms with Crippen LogP contribution in [0, 0.1) is 0 Å². The summed E-state index contributed by atoms with van der Waals surface area (Å²) >= 11 is 0. The van der Waals surface area contributed by atoms with Gasteiger partial charge in [-0.05, 0) is 29.7 Å². The molecule has 1 aliphatic carbocycles. The van der Waals surface area contributed by atoms with Gasteiger partial charge in [0, 0.05) is 18.6 Å². The molecule has 2 saturated heterocycles. The maximum atomic E-state index is 11.3. The second kappa shape index (κ2) is 14.6. The molecule has 0 spiro atoms. The number of rotatable bonds is 9. The average molecular weight is 637 g/mol. The summed E-state index contributed by atoms with van der Waals surface area (Å²) in [7, 11) is 0. The van der Waals surface area contributed by atoms with E-state index < -0.39 is 91.7 Å². The summed E-state index contributed by atoms with van der Waals surface area (Å²) in [6, 6.07) is 14.3. The maximum absolute atomic E-state index is 11.3. The molecule has 5 rings (SSSR count). The van der Waals surface area contributed by atoms with E-state index in [2.05, 4.69) is 0 Å². The molecule has 14 N–H and O–H groups in total.